The van der Waals surface area contributed by atoms with Crippen molar-refractivity contribution in [3.8, 4) is 17.2 Å². The fourth-order valence-electron chi connectivity index (χ4n) is 3.83. The number of benzene rings is 1. The number of phenols is 2. The van der Waals surface area contributed by atoms with Crippen molar-refractivity contribution in [1.29, 1.82) is 0 Å². The molecule has 0 fully saturated rings. The monoisotopic (exact) mass is 436 g/mol. The Morgan fingerprint density at radius 3 is 1.58 bits per heavy atom. The Labute approximate surface area is 189 Å². The zero-order valence-corrected chi connectivity index (χ0v) is 19.8. The first-order valence-electron chi connectivity index (χ1n) is 12.4. The van der Waals surface area contributed by atoms with Gasteiger partial charge < -0.3 is 19.7 Å². The quantitative estimate of drug-likeness (QED) is 0.133. The Kier molecular flexibility index (Phi) is 15.5. The second-order valence-electron chi connectivity index (χ2n) is 8.45. The molecule has 0 heterocycles. The summed E-state index contributed by atoms with van der Waals surface area (Å²) in [6.07, 6.45) is 20.8. The maximum atomic E-state index is 11.8. The zero-order chi connectivity index (χ0) is 22.7. The first-order valence-corrected chi connectivity index (χ1v) is 12.4. The van der Waals surface area contributed by atoms with Crippen molar-refractivity contribution in [2.75, 3.05) is 13.7 Å². The van der Waals surface area contributed by atoms with Crippen LogP contribution in [0.2, 0.25) is 0 Å². The first kappa shape index (κ1) is 27.1. The molecule has 0 bridgehead atoms. The highest BCUT2D eigenvalue weighted by molar-refractivity contribution is 5.96. The third-order valence-corrected chi connectivity index (χ3v) is 5.75. The van der Waals surface area contributed by atoms with Crippen LogP contribution in [0.3, 0.4) is 0 Å². The van der Waals surface area contributed by atoms with E-state index in [9.17, 15) is 15.0 Å². The normalized spacial score (nSPS) is 10.9. The van der Waals surface area contributed by atoms with Crippen LogP contribution in [0.1, 0.15) is 120 Å². The minimum absolute atomic E-state index is 0.00666. The molecule has 1 rings (SSSR count). The molecule has 5 heteroatoms. The minimum atomic E-state index is -0.727. The van der Waals surface area contributed by atoms with Crippen molar-refractivity contribution in [2.45, 2.75) is 110 Å². The van der Waals surface area contributed by atoms with Gasteiger partial charge in [-0.2, -0.15) is 0 Å². The Balaban J connectivity index is 2.00. The molecule has 0 aliphatic carbocycles. The highest BCUT2D eigenvalue weighted by Gasteiger charge is 2.21. The smallest absolute Gasteiger partial charge is 0.345 e. The summed E-state index contributed by atoms with van der Waals surface area (Å²) in [6, 6.07) is 2.56. The fourth-order valence-corrected chi connectivity index (χ4v) is 3.83. The standard InChI is InChI=1S/C26H44O5/c1-3-4-5-6-7-8-9-10-11-12-13-14-15-16-17-18-21-31-25-23(28)20-19-22(27)24(25)26(29)30-2/h19-20,27-28H,3-18,21H2,1-2H3. The maximum absolute atomic E-state index is 11.8. The molecule has 31 heavy (non-hydrogen) atoms. The highest BCUT2D eigenvalue weighted by atomic mass is 16.5. The number of phenolic OH excluding ortho intramolecular Hbond substituents is 2. The van der Waals surface area contributed by atoms with E-state index >= 15 is 0 Å². The molecule has 1 aromatic rings. The summed E-state index contributed by atoms with van der Waals surface area (Å²) in [7, 11) is 1.23. The number of esters is 1. The van der Waals surface area contributed by atoms with Crippen LogP contribution in [0.25, 0.3) is 0 Å². The molecule has 5 nitrogen and oxygen atoms in total. The van der Waals surface area contributed by atoms with Crippen LogP contribution >= 0.6 is 0 Å². The van der Waals surface area contributed by atoms with Crippen LogP contribution in [-0.2, 0) is 4.74 Å². The molecule has 0 aliphatic rings. The summed E-state index contributed by atoms with van der Waals surface area (Å²) >= 11 is 0. The number of carbonyl (C=O) groups excluding carboxylic acids is 1. The predicted octanol–water partition coefficient (Wildman–Crippen LogP) is 7.52. The summed E-state index contributed by atoms with van der Waals surface area (Å²) in [5.74, 6) is -1.16. The van der Waals surface area contributed by atoms with Crippen molar-refractivity contribution in [3.05, 3.63) is 17.7 Å². The van der Waals surface area contributed by atoms with Crippen molar-refractivity contribution in [1.82, 2.24) is 0 Å². The lowest BCUT2D eigenvalue weighted by molar-refractivity contribution is 0.0591. The lowest BCUT2D eigenvalue weighted by atomic mass is 10.0. The van der Waals surface area contributed by atoms with Gasteiger partial charge >= 0.3 is 5.97 Å². The van der Waals surface area contributed by atoms with Crippen molar-refractivity contribution in [3.63, 3.8) is 0 Å². The van der Waals surface area contributed by atoms with Gasteiger partial charge in [-0.05, 0) is 18.6 Å². The van der Waals surface area contributed by atoms with E-state index in [4.69, 9.17) is 4.74 Å². The topological polar surface area (TPSA) is 76.0 Å². The van der Waals surface area contributed by atoms with Crippen LogP contribution in [-0.4, -0.2) is 29.9 Å². The number of hydrogen-bond acceptors (Lipinski definition) is 5. The van der Waals surface area contributed by atoms with Crippen LogP contribution in [0.15, 0.2) is 12.1 Å². The average Bonchev–Trinajstić information content (AvgIpc) is 2.77. The Hall–Kier alpha value is -1.91. The van der Waals surface area contributed by atoms with E-state index in [0.717, 1.165) is 19.3 Å². The lowest BCUT2D eigenvalue weighted by Gasteiger charge is -2.13. The summed E-state index contributed by atoms with van der Waals surface area (Å²) in [4.78, 5) is 11.8. The molecule has 0 aliphatic heterocycles. The number of hydrogen-bond donors (Lipinski definition) is 2. The lowest BCUT2D eigenvalue weighted by Crippen LogP contribution is -2.07. The van der Waals surface area contributed by atoms with Gasteiger partial charge in [-0.3, -0.25) is 0 Å². The van der Waals surface area contributed by atoms with Gasteiger partial charge in [0.25, 0.3) is 0 Å². The summed E-state index contributed by atoms with van der Waals surface area (Å²) in [5.41, 5.74) is -0.126. The van der Waals surface area contributed by atoms with Gasteiger partial charge in [-0.1, -0.05) is 103 Å². The van der Waals surface area contributed by atoms with Gasteiger partial charge in [0, 0.05) is 0 Å². The molecule has 2 N–H and O–H groups in total. The van der Waals surface area contributed by atoms with Crippen LogP contribution in [0.4, 0.5) is 0 Å². The van der Waals surface area contributed by atoms with E-state index in [0.29, 0.717) is 6.61 Å². The molecule has 0 spiro atoms. The second-order valence-corrected chi connectivity index (χ2v) is 8.45. The number of ether oxygens (including phenoxy) is 2. The van der Waals surface area contributed by atoms with E-state index in [1.54, 1.807) is 0 Å². The number of carbonyl (C=O) groups is 1. The highest BCUT2D eigenvalue weighted by Crippen LogP contribution is 2.36. The summed E-state index contributed by atoms with van der Waals surface area (Å²) in [5, 5.41) is 19.8. The van der Waals surface area contributed by atoms with Crippen LogP contribution in [0.5, 0.6) is 17.2 Å². The third kappa shape index (κ3) is 11.9. The molecular formula is C26H44O5. The zero-order valence-electron chi connectivity index (χ0n) is 19.8. The third-order valence-electron chi connectivity index (χ3n) is 5.75. The number of aromatic hydroxyl groups is 2. The Bertz CT molecular complexity index is 600. The van der Waals surface area contributed by atoms with Crippen molar-refractivity contribution < 1.29 is 24.5 Å². The van der Waals surface area contributed by atoms with E-state index < -0.39 is 5.97 Å². The molecular weight excluding hydrogens is 392 g/mol. The number of unbranched alkanes of at least 4 members (excludes halogenated alkanes) is 15. The van der Waals surface area contributed by atoms with Gasteiger partial charge in [0.05, 0.1) is 13.7 Å². The molecule has 0 saturated heterocycles. The first-order chi connectivity index (χ1) is 15.1. The average molecular weight is 437 g/mol. The predicted molar refractivity (Wildman–Crippen MR) is 126 cm³/mol. The second kappa shape index (κ2) is 17.7. The Morgan fingerprint density at radius 2 is 1.13 bits per heavy atom. The number of methoxy groups -OCH3 is 1. The molecule has 0 amide bonds. The van der Waals surface area contributed by atoms with Crippen molar-refractivity contribution in [2.24, 2.45) is 0 Å². The minimum Gasteiger partial charge on any atom is -0.507 e. The Morgan fingerprint density at radius 1 is 0.710 bits per heavy atom. The van der Waals surface area contributed by atoms with E-state index in [-0.39, 0.29) is 22.8 Å². The molecule has 0 radical (unpaired) electrons. The molecule has 0 saturated carbocycles. The fraction of sp³-hybridized carbons (Fsp3) is 0.731. The summed E-state index contributed by atoms with van der Waals surface area (Å²) < 4.78 is 10.2. The van der Waals surface area contributed by atoms with Gasteiger partial charge in [0.2, 0.25) is 0 Å². The van der Waals surface area contributed by atoms with Gasteiger partial charge in [-0.25, -0.2) is 4.79 Å². The van der Waals surface area contributed by atoms with E-state index in [1.165, 1.54) is 103 Å². The van der Waals surface area contributed by atoms with Crippen LogP contribution < -0.4 is 4.74 Å². The largest absolute Gasteiger partial charge is 0.507 e. The SMILES string of the molecule is CCCCCCCCCCCCCCCCCCOc1c(O)ccc(O)c1C(=O)OC. The maximum Gasteiger partial charge on any atom is 0.345 e. The van der Waals surface area contributed by atoms with E-state index in [2.05, 4.69) is 11.7 Å². The van der Waals surface area contributed by atoms with Crippen molar-refractivity contribution >= 4 is 5.97 Å². The van der Waals surface area contributed by atoms with Gasteiger partial charge in [0.1, 0.15) is 11.3 Å². The van der Waals surface area contributed by atoms with E-state index in [1.807, 2.05) is 0 Å². The van der Waals surface area contributed by atoms with Gasteiger partial charge in [-0.15, -0.1) is 0 Å². The molecule has 0 unspecified atom stereocenters. The molecule has 1 aromatic carbocycles. The van der Waals surface area contributed by atoms with Crippen LogP contribution in [0, 0.1) is 0 Å². The molecule has 0 aromatic heterocycles. The number of rotatable bonds is 19. The van der Waals surface area contributed by atoms with Gasteiger partial charge in [0.15, 0.2) is 11.5 Å². The molecule has 178 valence electrons. The molecule has 0 atom stereocenters. The summed E-state index contributed by atoms with van der Waals surface area (Å²) in [6.45, 7) is 2.66.